The Bertz CT molecular complexity index is 653. The monoisotopic (exact) mass is 265 g/mol. The molecule has 2 aromatic carbocycles. The third-order valence-electron chi connectivity index (χ3n) is 4.08. The molecule has 102 valence electrons. The lowest BCUT2D eigenvalue weighted by atomic mass is 10.0. The highest BCUT2D eigenvalue weighted by atomic mass is 16.1. The fraction of sp³-hybridized carbons (Fsp3) is 0.278. The van der Waals surface area contributed by atoms with Gasteiger partial charge in [0.05, 0.1) is 0 Å². The van der Waals surface area contributed by atoms with Crippen LogP contribution in [0, 0.1) is 13.8 Å². The van der Waals surface area contributed by atoms with Crippen LogP contribution in [-0.2, 0) is 12.8 Å². The summed E-state index contributed by atoms with van der Waals surface area (Å²) in [6.45, 7) is 4.04. The van der Waals surface area contributed by atoms with Crippen LogP contribution in [0.4, 0.5) is 5.69 Å². The third-order valence-corrected chi connectivity index (χ3v) is 4.08. The van der Waals surface area contributed by atoms with Crippen molar-refractivity contribution in [3.05, 3.63) is 64.2 Å². The highest BCUT2D eigenvalue weighted by Crippen LogP contribution is 2.24. The maximum Gasteiger partial charge on any atom is 0.255 e. The van der Waals surface area contributed by atoms with Crippen molar-refractivity contribution >= 4 is 11.6 Å². The molecule has 2 nitrogen and oxygen atoms in total. The average Bonchev–Trinajstić information content (AvgIpc) is 2.90. The molecule has 1 aliphatic rings. The van der Waals surface area contributed by atoms with E-state index in [0.29, 0.717) is 0 Å². The summed E-state index contributed by atoms with van der Waals surface area (Å²) >= 11 is 0. The van der Waals surface area contributed by atoms with Crippen molar-refractivity contribution < 1.29 is 4.79 Å². The van der Waals surface area contributed by atoms with Crippen molar-refractivity contribution in [3.8, 4) is 0 Å². The Kier molecular flexibility index (Phi) is 3.31. The van der Waals surface area contributed by atoms with Crippen molar-refractivity contribution in [1.82, 2.24) is 0 Å². The largest absolute Gasteiger partial charge is 0.322 e. The highest BCUT2D eigenvalue weighted by molar-refractivity contribution is 6.05. The first-order valence-corrected chi connectivity index (χ1v) is 7.14. The molecule has 20 heavy (non-hydrogen) atoms. The van der Waals surface area contributed by atoms with Crippen LogP contribution >= 0.6 is 0 Å². The van der Waals surface area contributed by atoms with Gasteiger partial charge in [0.1, 0.15) is 0 Å². The summed E-state index contributed by atoms with van der Waals surface area (Å²) in [5, 5.41) is 3.05. The number of nitrogens with one attached hydrogen (secondary N) is 1. The van der Waals surface area contributed by atoms with E-state index in [1.165, 1.54) is 17.5 Å². The Morgan fingerprint density at radius 1 is 1.00 bits per heavy atom. The van der Waals surface area contributed by atoms with Crippen molar-refractivity contribution in [2.75, 3.05) is 5.32 Å². The summed E-state index contributed by atoms with van der Waals surface area (Å²) in [5.41, 5.74) is 6.61. The summed E-state index contributed by atoms with van der Waals surface area (Å²) in [6.07, 6.45) is 3.45. The lowest BCUT2D eigenvalue weighted by Crippen LogP contribution is -2.14. The van der Waals surface area contributed by atoms with E-state index in [4.69, 9.17) is 0 Å². The molecular weight excluding hydrogens is 246 g/mol. The number of para-hydroxylation sites is 1. The maximum absolute atomic E-state index is 12.4. The van der Waals surface area contributed by atoms with Crippen molar-refractivity contribution in [3.63, 3.8) is 0 Å². The first kappa shape index (κ1) is 12.9. The van der Waals surface area contributed by atoms with Crippen molar-refractivity contribution in [2.24, 2.45) is 0 Å². The van der Waals surface area contributed by atoms with E-state index in [1.807, 2.05) is 44.2 Å². The molecule has 0 saturated heterocycles. The molecule has 1 N–H and O–H groups in total. The van der Waals surface area contributed by atoms with Gasteiger partial charge in [-0.1, -0.05) is 24.3 Å². The minimum Gasteiger partial charge on any atom is -0.322 e. The second-order valence-electron chi connectivity index (χ2n) is 5.56. The van der Waals surface area contributed by atoms with Crippen LogP contribution in [0.1, 0.15) is 39.0 Å². The van der Waals surface area contributed by atoms with E-state index in [2.05, 4.69) is 11.4 Å². The van der Waals surface area contributed by atoms with Gasteiger partial charge >= 0.3 is 0 Å². The summed E-state index contributed by atoms with van der Waals surface area (Å²) < 4.78 is 0. The SMILES string of the molecule is Cc1cccc(C)c1NC(=O)c1ccc2c(c1)CCC2. The lowest BCUT2D eigenvalue weighted by molar-refractivity contribution is 0.102. The molecule has 3 rings (SSSR count). The number of hydrogen-bond donors (Lipinski definition) is 1. The Hall–Kier alpha value is -2.09. The Morgan fingerprint density at radius 3 is 2.45 bits per heavy atom. The van der Waals surface area contributed by atoms with Gasteiger partial charge in [0, 0.05) is 11.3 Å². The molecular formula is C18H19NO. The molecule has 0 atom stereocenters. The lowest BCUT2D eigenvalue weighted by Gasteiger charge is -2.12. The molecule has 2 aromatic rings. The van der Waals surface area contributed by atoms with Gasteiger partial charge in [0.2, 0.25) is 0 Å². The van der Waals surface area contributed by atoms with Crippen LogP contribution in [0.2, 0.25) is 0 Å². The molecule has 0 radical (unpaired) electrons. The molecule has 0 bridgehead atoms. The fourth-order valence-corrected chi connectivity index (χ4v) is 2.91. The van der Waals surface area contributed by atoms with Gasteiger partial charge in [-0.3, -0.25) is 4.79 Å². The van der Waals surface area contributed by atoms with Crippen LogP contribution < -0.4 is 5.32 Å². The predicted octanol–water partition coefficient (Wildman–Crippen LogP) is 4.04. The predicted molar refractivity (Wildman–Crippen MR) is 82.3 cm³/mol. The highest BCUT2D eigenvalue weighted by Gasteiger charge is 2.15. The van der Waals surface area contributed by atoms with E-state index in [1.54, 1.807) is 0 Å². The number of amides is 1. The average molecular weight is 265 g/mol. The molecule has 2 heteroatoms. The molecule has 0 spiro atoms. The van der Waals surface area contributed by atoms with Crippen molar-refractivity contribution in [2.45, 2.75) is 33.1 Å². The Morgan fingerprint density at radius 2 is 1.70 bits per heavy atom. The number of carbonyl (C=O) groups excluding carboxylic acids is 1. The smallest absolute Gasteiger partial charge is 0.255 e. The first-order valence-electron chi connectivity index (χ1n) is 7.14. The zero-order valence-corrected chi connectivity index (χ0v) is 12.0. The van der Waals surface area contributed by atoms with E-state index in [-0.39, 0.29) is 5.91 Å². The van der Waals surface area contributed by atoms with E-state index in [0.717, 1.165) is 35.2 Å². The first-order chi connectivity index (χ1) is 9.65. The number of fused-ring (bicyclic) bond motifs is 1. The zero-order valence-electron chi connectivity index (χ0n) is 12.0. The summed E-state index contributed by atoms with van der Waals surface area (Å²) in [6, 6.07) is 12.1. The molecule has 0 saturated carbocycles. The number of aryl methyl sites for hydroxylation is 4. The summed E-state index contributed by atoms with van der Waals surface area (Å²) in [4.78, 5) is 12.4. The topological polar surface area (TPSA) is 29.1 Å². The third kappa shape index (κ3) is 2.34. The maximum atomic E-state index is 12.4. The standard InChI is InChI=1S/C18H19NO/c1-12-5-3-6-13(2)17(12)19-18(20)16-10-9-14-7-4-8-15(14)11-16/h3,5-6,9-11H,4,7-8H2,1-2H3,(H,19,20). The van der Waals surface area contributed by atoms with Crippen molar-refractivity contribution in [1.29, 1.82) is 0 Å². The van der Waals surface area contributed by atoms with Gasteiger partial charge in [-0.25, -0.2) is 0 Å². The molecule has 0 heterocycles. The molecule has 1 amide bonds. The van der Waals surface area contributed by atoms with Crippen LogP contribution in [-0.4, -0.2) is 5.91 Å². The molecule has 0 aromatic heterocycles. The molecule has 0 fully saturated rings. The number of carbonyl (C=O) groups is 1. The van der Waals surface area contributed by atoms with Gasteiger partial charge in [-0.05, 0) is 67.5 Å². The fourth-order valence-electron chi connectivity index (χ4n) is 2.91. The molecule has 0 aliphatic heterocycles. The molecule has 1 aliphatic carbocycles. The van der Waals surface area contributed by atoms with Crippen LogP contribution in [0.15, 0.2) is 36.4 Å². The number of hydrogen-bond acceptors (Lipinski definition) is 1. The minimum absolute atomic E-state index is 0.0166. The Labute approximate surface area is 119 Å². The Balaban J connectivity index is 1.86. The second kappa shape index (κ2) is 5.12. The van der Waals surface area contributed by atoms with Crippen LogP contribution in [0.3, 0.4) is 0 Å². The number of benzene rings is 2. The minimum atomic E-state index is -0.0166. The molecule has 0 unspecified atom stereocenters. The van der Waals surface area contributed by atoms with Gasteiger partial charge in [0.15, 0.2) is 0 Å². The van der Waals surface area contributed by atoms with E-state index in [9.17, 15) is 4.79 Å². The van der Waals surface area contributed by atoms with E-state index < -0.39 is 0 Å². The van der Waals surface area contributed by atoms with Gasteiger partial charge in [0.25, 0.3) is 5.91 Å². The zero-order chi connectivity index (χ0) is 14.1. The van der Waals surface area contributed by atoms with Gasteiger partial charge in [-0.15, -0.1) is 0 Å². The van der Waals surface area contributed by atoms with Crippen LogP contribution in [0.25, 0.3) is 0 Å². The van der Waals surface area contributed by atoms with Gasteiger partial charge < -0.3 is 5.32 Å². The van der Waals surface area contributed by atoms with E-state index >= 15 is 0 Å². The summed E-state index contributed by atoms with van der Waals surface area (Å²) in [7, 11) is 0. The van der Waals surface area contributed by atoms with Crippen LogP contribution in [0.5, 0.6) is 0 Å². The normalized spacial score (nSPS) is 13.1. The second-order valence-corrected chi connectivity index (χ2v) is 5.56. The number of rotatable bonds is 2. The number of anilines is 1. The summed E-state index contributed by atoms with van der Waals surface area (Å²) in [5.74, 6) is -0.0166. The quantitative estimate of drug-likeness (QED) is 0.872. The van der Waals surface area contributed by atoms with Gasteiger partial charge in [-0.2, -0.15) is 0 Å².